The van der Waals surface area contributed by atoms with Gasteiger partial charge >= 0.3 is 6.09 Å². The molecule has 0 aromatic heterocycles. The topological polar surface area (TPSA) is 52.3 Å². The summed E-state index contributed by atoms with van der Waals surface area (Å²) >= 11 is 5.39. The molecule has 2 N–H and O–H groups in total. The summed E-state index contributed by atoms with van der Waals surface area (Å²) in [5.41, 5.74) is 4.71. The SMILES string of the molecule is NC(=O)Oc1ccc(F)c(Cl)c1. The van der Waals surface area contributed by atoms with E-state index >= 15 is 0 Å². The van der Waals surface area contributed by atoms with Crippen LogP contribution in [0.25, 0.3) is 0 Å². The fourth-order valence-electron chi connectivity index (χ4n) is 0.656. The van der Waals surface area contributed by atoms with E-state index in [9.17, 15) is 9.18 Å². The first-order valence-corrected chi connectivity index (χ1v) is 3.40. The Morgan fingerprint density at radius 1 is 1.58 bits per heavy atom. The highest BCUT2D eigenvalue weighted by Gasteiger charge is 2.03. The largest absolute Gasteiger partial charge is 0.410 e. The number of primary amides is 1. The summed E-state index contributed by atoms with van der Waals surface area (Å²) in [5.74, 6) is -0.456. The first kappa shape index (κ1) is 8.80. The Morgan fingerprint density at radius 2 is 2.25 bits per heavy atom. The van der Waals surface area contributed by atoms with Crippen molar-refractivity contribution in [2.75, 3.05) is 0 Å². The highest BCUT2D eigenvalue weighted by molar-refractivity contribution is 6.30. The van der Waals surface area contributed by atoms with Crippen molar-refractivity contribution in [2.45, 2.75) is 0 Å². The molecule has 1 aromatic carbocycles. The van der Waals surface area contributed by atoms with Crippen LogP contribution >= 0.6 is 11.6 Å². The van der Waals surface area contributed by atoms with E-state index in [2.05, 4.69) is 4.74 Å². The van der Waals surface area contributed by atoms with E-state index in [1.165, 1.54) is 12.1 Å². The Morgan fingerprint density at radius 3 is 2.75 bits per heavy atom. The van der Waals surface area contributed by atoms with Gasteiger partial charge in [0.1, 0.15) is 11.6 Å². The van der Waals surface area contributed by atoms with Gasteiger partial charge in [-0.15, -0.1) is 0 Å². The summed E-state index contributed by atoms with van der Waals surface area (Å²) < 4.78 is 17.0. The molecule has 12 heavy (non-hydrogen) atoms. The third-order valence-electron chi connectivity index (χ3n) is 1.11. The molecule has 1 amide bonds. The van der Waals surface area contributed by atoms with Gasteiger partial charge < -0.3 is 10.5 Å². The molecule has 1 aromatic rings. The highest BCUT2D eigenvalue weighted by atomic mass is 35.5. The summed E-state index contributed by atoms with van der Waals surface area (Å²) in [4.78, 5) is 10.2. The van der Waals surface area contributed by atoms with Crippen LogP contribution in [0.2, 0.25) is 5.02 Å². The van der Waals surface area contributed by atoms with Crippen molar-refractivity contribution in [3.8, 4) is 5.75 Å². The molecule has 0 aliphatic heterocycles. The molecule has 0 saturated carbocycles. The Labute approximate surface area is 72.9 Å². The Hall–Kier alpha value is -1.29. The fraction of sp³-hybridized carbons (Fsp3) is 0. The van der Waals surface area contributed by atoms with Crippen LogP contribution in [0, 0.1) is 5.82 Å². The zero-order valence-electron chi connectivity index (χ0n) is 5.88. The van der Waals surface area contributed by atoms with Crippen LogP contribution in [-0.4, -0.2) is 6.09 Å². The summed E-state index contributed by atoms with van der Waals surface area (Å²) in [6.45, 7) is 0. The predicted octanol–water partition coefficient (Wildman–Crippen LogP) is 1.94. The van der Waals surface area contributed by atoms with Crippen molar-refractivity contribution in [3.63, 3.8) is 0 Å². The molecule has 0 spiro atoms. The maximum absolute atomic E-state index is 12.5. The third kappa shape index (κ3) is 2.10. The highest BCUT2D eigenvalue weighted by Crippen LogP contribution is 2.20. The predicted molar refractivity (Wildman–Crippen MR) is 41.6 cm³/mol. The number of carbonyl (C=O) groups is 1. The molecule has 0 atom stereocenters. The van der Waals surface area contributed by atoms with Crippen molar-refractivity contribution in [3.05, 3.63) is 29.0 Å². The second-order valence-corrected chi connectivity index (χ2v) is 2.40. The molecule has 3 nitrogen and oxygen atoms in total. The number of amides is 1. The van der Waals surface area contributed by atoms with Crippen molar-refractivity contribution in [1.82, 2.24) is 0 Å². The van der Waals surface area contributed by atoms with Gasteiger partial charge in [-0.2, -0.15) is 0 Å². The quantitative estimate of drug-likeness (QED) is 0.734. The molecule has 0 aliphatic rings. The molecule has 0 radical (unpaired) electrons. The van der Waals surface area contributed by atoms with Crippen molar-refractivity contribution in [1.29, 1.82) is 0 Å². The van der Waals surface area contributed by atoms with Crippen molar-refractivity contribution >= 4 is 17.7 Å². The molecule has 0 saturated heterocycles. The molecular weight excluding hydrogens is 185 g/mol. The van der Waals surface area contributed by atoms with Gasteiger partial charge in [-0.25, -0.2) is 9.18 Å². The summed E-state index contributed by atoms with van der Waals surface area (Å²) in [5, 5.41) is -0.117. The molecule has 0 fully saturated rings. The minimum absolute atomic E-state index is 0.117. The molecular formula is C7H5ClFNO2. The molecule has 5 heteroatoms. The van der Waals surface area contributed by atoms with E-state index in [-0.39, 0.29) is 10.8 Å². The van der Waals surface area contributed by atoms with Crippen LogP contribution in [0.3, 0.4) is 0 Å². The van der Waals surface area contributed by atoms with E-state index in [1.807, 2.05) is 0 Å². The molecule has 0 heterocycles. The standard InChI is InChI=1S/C7H5ClFNO2/c8-5-3-4(12-7(10)11)1-2-6(5)9/h1-3H,(H2,10,11). The van der Waals surface area contributed by atoms with E-state index < -0.39 is 11.9 Å². The lowest BCUT2D eigenvalue weighted by atomic mass is 10.3. The second kappa shape index (κ2) is 3.40. The Kier molecular flexibility index (Phi) is 2.50. The Bertz CT molecular complexity index is 316. The Balaban J connectivity index is 2.89. The maximum atomic E-state index is 12.5. The first-order chi connectivity index (χ1) is 5.59. The van der Waals surface area contributed by atoms with E-state index in [4.69, 9.17) is 17.3 Å². The van der Waals surface area contributed by atoms with Crippen LogP contribution in [0.1, 0.15) is 0 Å². The molecule has 64 valence electrons. The molecule has 0 aliphatic carbocycles. The van der Waals surface area contributed by atoms with Gasteiger partial charge in [-0.3, -0.25) is 0 Å². The van der Waals surface area contributed by atoms with Gasteiger partial charge in [0, 0.05) is 6.07 Å². The summed E-state index contributed by atoms with van der Waals surface area (Å²) in [6.07, 6.45) is -0.960. The zero-order valence-corrected chi connectivity index (χ0v) is 6.64. The molecule has 0 unspecified atom stereocenters. The number of hydrogen-bond acceptors (Lipinski definition) is 2. The smallest absolute Gasteiger partial charge is 0.409 e. The van der Waals surface area contributed by atoms with Crippen molar-refractivity contribution in [2.24, 2.45) is 5.73 Å². The number of hydrogen-bond donors (Lipinski definition) is 1. The van der Waals surface area contributed by atoms with Gasteiger partial charge in [0.2, 0.25) is 0 Å². The number of ether oxygens (including phenoxy) is 1. The maximum Gasteiger partial charge on any atom is 0.409 e. The van der Waals surface area contributed by atoms with Crippen LogP contribution in [-0.2, 0) is 0 Å². The van der Waals surface area contributed by atoms with Gasteiger partial charge in [0.05, 0.1) is 5.02 Å². The normalized spacial score (nSPS) is 9.50. The number of rotatable bonds is 1. The fourth-order valence-corrected chi connectivity index (χ4v) is 0.827. The van der Waals surface area contributed by atoms with Gasteiger partial charge in [-0.05, 0) is 12.1 Å². The molecule has 0 bridgehead atoms. The first-order valence-electron chi connectivity index (χ1n) is 3.02. The summed E-state index contributed by atoms with van der Waals surface area (Å²) in [6, 6.07) is 3.51. The summed E-state index contributed by atoms with van der Waals surface area (Å²) in [7, 11) is 0. The number of nitrogens with two attached hydrogens (primary N) is 1. The number of benzene rings is 1. The molecule has 1 rings (SSSR count). The number of carbonyl (C=O) groups excluding carboxylic acids is 1. The zero-order chi connectivity index (χ0) is 9.14. The van der Waals surface area contributed by atoms with Crippen LogP contribution in [0.5, 0.6) is 5.75 Å². The van der Waals surface area contributed by atoms with Gasteiger partial charge in [0.25, 0.3) is 0 Å². The van der Waals surface area contributed by atoms with Gasteiger partial charge in [0.15, 0.2) is 0 Å². The second-order valence-electron chi connectivity index (χ2n) is 2.00. The van der Waals surface area contributed by atoms with Gasteiger partial charge in [-0.1, -0.05) is 11.6 Å². The average Bonchev–Trinajstić information content (AvgIpc) is 1.96. The minimum Gasteiger partial charge on any atom is -0.410 e. The lowest BCUT2D eigenvalue weighted by Crippen LogP contribution is -2.16. The lowest BCUT2D eigenvalue weighted by Gasteiger charge is -2.00. The monoisotopic (exact) mass is 189 g/mol. The number of halogens is 2. The van der Waals surface area contributed by atoms with Crippen molar-refractivity contribution < 1.29 is 13.9 Å². The van der Waals surface area contributed by atoms with Crippen LogP contribution in [0.4, 0.5) is 9.18 Å². The van der Waals surface area contributed by atoms with Crippen LogP contribution < -0.4 is 10.5 Å². The average molecular weight is 190 g/mol. The van der Waals surface area contributed by atoms with E-state index in [1.54, 1.807) is 0 Å². The van der Waals surface area contributed by atoms with Crippen LogP contribution in [0.15, 0.2) is 18.2 Å². The van der Waals surface area contributed by atoms with E-state index in [0.717, 1.165) is 6.07 Å². The van der Waals surface area contributed by atoms with E-state index in [0.29, 0.717) is 0 Å². The third-order valence-corrected chi connectivity index (χ3v) is 1.40. The lowest BCUT2D eigenvalue weighted by molar-refractivity contribution is 0.211. The minimum atomic E-state index is -0.960.